The molecule has 2 rings (SSSR count). The van der Waals surface area contributed by atoms with E-state index in [4.69, 9.17) is 4.74 Å². The van der Waals surface area contributed by atoms with Crippen molar-refractivity contribution in [3.8, 4) is 6.07 Å². The molecule has 0 bridgehead atoms. The topological polar surface area (TPSA) is 56.6 Å². The van der Waals surface area contributed by atoms with Gasteiger partial charge in [0.1, 0.15) is 5.60 Å². The predicted molar refractivity (Wildman–Crippen MR) is 89.0 cm³/mol. The normalized spacial score (nSPS) is 16.0. The lowest BCUT2D eigenvalue weighted by molar-refractivity contribution is 0.0139. The average Bonchev–Trinajstić information content (AvgIpc) is 2.48. The van der Waals surface area contributed by atoms with Gasteiger partial charge in [-0.25, -0.2) is 4.79 Å². The van der Waals surface area contributed by atoms with E-state index >= 15 is 0 Å². The second-order valence-corrected chi connectivity index (χ2v) is 7.02. The number of nitriles is 1. The first-order valence-corrected chi connectivity index (χ1v) is 7.98. The highest BCUT2D eigenvalue weighted by Crippen LogP contribution is 2.16. The third-order valence-electron chi connectivity index (χ3n) is 3.80. The fraction of sp³-hybridized carbons (Fsp3) is 0.556. The van der Waals surface area contributed by atoms with E-state index in [1.54, 1.807) is 4.90 Å². The molecule has 23 heavy (non-hydrogen) atoms. The Hall–Kier alpha value is -2.06. The molecule has 0 spiro atoms. The first kappa shape index (κ1) is 17.3. The molecule has 1 aromatic carbocycles. The third kappa shape index (κ3) is 4.97. The molecule has 0 aromatic heterocycles. The summed E-state index contributed by atoms with van der Waals surface area (Å²) in [6.45, 7) is 11.3. The lowest BCUT2D eigenvalue weighted by atomic mass is 10.0. The van der Waals surface area contributed by atoms with Crippen LogP contribution in [0.2, 0.25) is 0 Å². The van der Waals surface area contributed by atoms with Crippen LogP contribution in [0.4, 0.5) is 4.79 Å². The molecule has 5 heteroatoms. The molecule has 0 unspecified atom stereocenters. The van der Waals surface area contributed by atoms with Crippen LogP contribution in [0.25, 0.3) is 0 Å². The Labute approximate surface area is 138 Å². The van der Waals surface area contributed by atoms with Gasteiger partial charge in [-0.15, -0.1) is 0 Å². The fourth-order valence-electron chi connectivity index (χ4n) is 2.59. The summed E-state index contributed by atoms with van der Waals surface area (Å²) in [7, 11) is 0. The Kier molecular flexibility index (Phi) is 5.27. The van der Waals surface area contributed by atoms with E-state index in [0.29, 0.717) is 13.1 Å². The van der Waals surface area contributed by atoms with E-state index in [1.807, 2.05) is 45.9 Å². The molecule has 1 aromatic rings. The van der Waals surface area contributed by atoms with Crippen molar-refractivity contribution in [3.05, 3.63) is 34.9 Å². The third-order valence-corrected chi connectivity index (χ3v) is 3.80. The minimum atomic E-state index is -0.461. The molecule has 1 fully saturated rings. The number of nitrogens with zero attached hydrogens (tertiary/aromatic N) is 3. The van der Waals surface area contributed by atoms with Gasteiger partial charge in [0.05, 0.1) is 11.6 Å². The van der Waals surface area contributed by atoms with Crippen molar-refractivity contribution >= 4 is 6.09 Å². The molecular formula is C18H25N3O2. The maximum absolute atomic E-state index is 12.1. The van der Waals surface area contributed by atoms with E-state index in [2.05, 4.69) is 11.0 Å². The number of carbonyl (C=O) groups excluding carboxylic acids is 1. The zero-order valence-electron chi connectivity index (χ0n) is 14.4. The Bertz CT molecular complexity index is 606. The molecule has 1 aliphatic rings. The lowest BCUT2D eigenvalue weighted by Gasteiger charge is -2.35. The summed E-state index contributed by atoms with van der Waals surface area (Å²) in [6, 6.07) is 8.25. The standard InChI is InChI=1S/C18H25N3O2/c1-14-5-6-15(16(11-14)12-19)13-20-7-9-21(10-8-20)17(22)23-18(2,3)4/h5-6,11H,7-10,13H2,1-4H3. The summed E-state index contributed by atoms with van der Waals surface area (Å²) < 4.78 is 5.41. The van der Waals surface area contributed by atoms with Crippen molar-refractivity contribution in [2.45, 2.75) is 39.8 Å². The molecule has 1 amide bonds. The second kappa shape index (κ2) is 7.01. The number of hydrogen-bond donors (Lipinski definition) is 0. The highest BCUT2D eigenvalue weighted by atomic mass is 16.6. The van der Waals surface area contributed by atoms with Crippen LogP contribution >= 0.6 is 0 Å². The highest BCUT2D eigenvalue weighted by Gasteiger charge is 2.26. The molecule has 0 N–H and O–H groups in total. The van der Waals surface area contributed by atoms with Gasteiger partial charge in [-0.05, 0) is 44.9 Å². The van der Waals surface area contributed by atoms with Crippen LogP contribution in [-0.2, 0) is 11.3 Å². The van der Waals surface area contributed by atoms with E-state index in [9.17, 15) is 10.1 Å². The fourth-order valence-corrected chi connectivity index (χ4v) is 2.59. The van der Waals surface area contributed by atoms with Gasteiger partial charge in [-0.3, -0.25) is 4.90 Å². The van der Waals surface area contributed by atoms with E-state index < -0.39 is 5.60 Å². The van der Waals surface area contributed by atoms with E-state index in [0.717, 1.165) is 36.3 Å². The van der Waals surface area contributed by atoms with Crippen molar-refractivity contribution in [3.63, 3.8) is 0 Å². The van der Waals surface area contributed by atoms with Gasteiger partial charge in [-0.1, -0.05) is 12.1 Å². The quantitative estimate of drug-likeness (QED) is 0.842. The Morgan fingerprint density at radius 1 is 1.26 bits per heavy atom. The van der Waals surface area contributed by atoms with Crippen LogP contribution in [0.15, 0.2) is 18.2 Å². The maximum atomic E-state index is 12.1. The molecule has 0 atom stereocenters. The van der Waals surface area contributed by atoms with Crippen LogP contribution in [0.3, 0.4) is 0 Å². The number of benzene rings is 1. The van der Waals surface area contributed by atoms with E-state index in [1.165, 1.54) is 0 Å². The summed E-state index contributed by atoms with van der Waals surface area (Å²) in [4.78, 5) is 16.1. The summed E-state index contributed by atoms with van der Waals surface area (Å²) in [5.74, 6) is 0. The van der Waals surface area contributed by atoms with Gasteiger partial charge in [0.2, 0.25) is 0 Å². The van der Waals surface area contributed by atoms with Gasteiger partial charge in [0.15, 0.2) is 0 Å². The second-order valence-electron chi connectivity index (χ2n) is 7.02. The zero-order valence-corrected chi connectivity index (χ0v) is 14.4. The van der Waals surface area contributed by atoms with E-state index in [-0.39, 0.29) is 6.09 Å². The largest absolute Gasteiger partial charge is 0.444 e. The summed E-state index contributed by atoms with van der Waals surface area (Å²) in [6.07, 6.45) is -0.245. The predicted octanol–water partition coefficient (Wildman–Crippen LogP) is 2.92. The van der Waals surface area contributed by atoms with Gasteiger partial charge in [0.25, 0.3) is 0 Å². The van der Waals surface area contributed by atoms with Crippen molar-refractivity contribution in [2.75, 3.05) is 26.2 Å². The van der Waals surface area contributed by atoms with Crippen molar-refractivity contribution in [1.82, 2.24) is 9.80 Å². The number of piperazine rings is 1. The first-order chi connectivity index (χ1) is 10.8. The monoisotopic (exact) mass is 315 g/mol. The van der Waals surface area contributed by atoms with Crippen LogP contribution < -0.4 is 0 Å². The molecule has 124 valence electrons. The number of carbonyl (C=O) groups is 1. The minimum absolute atomic E-state index is 0.245. The van der Waals surface area contributed by atoms with Crippen LogP contribution in [0, 0.1) is 18.3 Å². The molecular weight excluding hydrogens is 290 g/mol. The van der Waals surface area contributed by atoms with Crippen molar-refractivity contribution < 1.29 is 9.53 Å². The molecule has 1 heterocycles. The summed E-state index contributed by atoms with van der Waals surface area (Å²) in [5.41, 5.74) is 2.42. The molecule has 1 aliphatic heterocycles. The minimum Gasteiger partial charge on any atom is -0.444 e. The Morgan fingerprint density at radius 3 is 2.48 bits per heavy atom. The first-order valence-electron chi connectivity index (χ1n) is 7.98. The Morgan fingerprint density at radius 2 is 1.91 bits per heavy atom. The number of aryl methyl sites for hydroxylation is 1. The van der Waals surface area contributed by atoms with Crippen molar-refractivity contribution in [2.24, 2.45) is 0 Å². The lowest BCUT2D eigenvalue weighted by Crippen LogP contribution is -2.49. The smallest absolute Gasteiger partial charge is 0.410 e. The molecule has 1 saturated heterocycles. The van der Waals surface area contributed by atoms with Crippen LogP contribution in [0.1, 0.15) is 37.5 Å². The SMILES string of the molecule is Cc1ccc(CN2CCN(C(=O)OC(C)(C)C)CC2)c(C#N)c1. The highest BCUT2D eigenvalue weighted by molar-refractivity contribution is 5.68. The number of rotatable bonds is 2. The van der Waals surface area contributed by atoms with Crippen LogP contribution in [0.5, 0.6) is 0 Å². The number of hydrogen-bond acceptors (Lipinski definition) is 4. The maximum Gasteiger partial charge on any atom is 0.410 e. The number of ether oxygens (including phenoxy) is 1. The Balaban J connectivity index is 1.91. The summed E-state index contributed by atoms with van der Waals surface area (Å²) >= 11 is 0. The van der Waals surface area contributed by atoms with Gasteiger partial charge in [0, 0.05) is 32.7 Å². The molecule has 0 radical (unpaired) electrons. The van der Waals surface area contributed by atoms with Gasteiger partial charge >= 0.3 is 6.09 Å². The summed E-state index contributed by atoms with van der Waals surface area (Å²) in [5, 5.41) is 9.26. The molecule has 0 saturated carbocycles. The van der Waals surface area contributed by atoms with Crippen LogP contribution in [-0.4, -0.2) is 47.7 Å². The molecule has 5 nitrogen and oxygen atoms in total. The number of amides is 1. The van der Waals surface area contributed by atoms with Gasteiger partial charge in [-0.2, -0.15) is 5.26 Å². The average molecular weight is 315 g/mol. The molecule has 0 aliphatic carbocycles. The van der Waals surface area contributed by atoms with Crippen molar-refractivity contribution in [1.29, 1.82) is 5.26 Å². The zero-order chi connectivity index (χ0) is 17.0. The van der Waals surface area contributed by atoms with Gasteiger partial charge < -0.3 is 9.64 Å².